The van der Waals surface area contributed by atoms with Crippen LogP contribution in [-0.2, 0) is 4.79 Å². The van der Waals surface area contributed by atoms with Gasteiger partial charge in [0.1, 0.15) is 0 Å². The molecule has 1 N–H and O–H groups in total. The standard InChI is InChI=1S/C7H13NOS/c9-7(8-10)6-4-2-1-3-5-6/h6,10H,1-5H2,(H,8,9). The molecule has 1 rings (SSSR count). The Balaban J connectivity index is 2.31. The second-order valence-corrected chi connectivity index (χ2v) is 3.03. The van der Waals surface area contributed by atoms with Gasteiger partial charge in [-0.25, -0.2) is 0 Å². The predicted octanol–water partition coefficient (Wildman–Crippen LogP) is 1.53. The molecule has 0 bridgehead atoms. The lowest BCUT2D eigenvalue weighted by molar-refractivity contribution is -0.123. The van der Waals surface area contributed by atoms with E-state index in [2.05, 4.69) is 17.5 Å². The second kappa shape index (κ2) is 3.86. The highest BCUT2D eigenvalue weighted by Crippen LogP contribution is 2.23. The van der Waals surface area contributed by atoms with Crippen molar-refractivity contribution in [1.29, 1.82) is 0 Å². The monoisotopic (exact) mass is 159 g/mol. The molecule has 1 amide bonds. The summed E-state index contributed by atoms with van der Waals surface area (Å²) in [6.45, 7) is 0. The van der Waals surface area contributed by atoms with Crippen LogP contribution in [-0.4, -0.2) is 5.91 Å². The highest BCUT2D eigenvalue weighted by Gasteiger charge is 2.19. The van der Waals surface area contributed by atoms with Crippen LogP contribution in [0.3, 0.4) is 0 Å². The molecule has 0 aromatic rings. The topological polar surface area (TPSA) is 29.1 Å². The fraction of sp³-hybridized carbons (Fsp3) is 0.857. The van der Waals surface area contributed by atoms with Crippen molar-refractivity contribution in [1.82, 2.24) is 4.72 Å². The van der Waals surface area contributed by atoms with E-state index >= 15 is 0 Å². The largest absolute Gasteiger partial charge is 0.303 e. The minimum atomic E-state index is 0.100. The fourth-order valence-electron chi connectivity index (χ4n) is 1.46. The van der Waals surface area contributed by atoms with Gasteiger partial charge in [-0.2, -0.15) is 0 Å². The van der Waals surface area contributed by atoms with Crippen LogP contribution in [0.25, 0.3) is 0 Å². The van der Waals surface area contributed by atoms with Gasteiger partial charge in [0.05, 0.1) is 0 Å². The van der Waals surface area contributed by atoms with E-state index in [1.54, 1.807) is 0 Å². The molecule has 0 aromatic heterocycles. The Morgan fingerprint density at radius 1 is 1.30 bits per heavy atom. The maximum Gasteiger partial charge on any atom is 0.232 e. The molecule has 2 nitrogen and oxygen atoms in total. The number of rotatable bonds is 1. The lowest BCUT2D eigenvalue weighted by Crippen LogP contribution is -2.25. The van der Waals surface area contributed by atoms with Gasteiger partial charge >= 0.3 is 0 Å². The maximum absolute atomic E-state index is 11.0. The SMILES string of the molecule is O=C(NS)C1CCCCC1. The van der Waals surface area contributed by atoms with Crippen molar-refractivity contribution in [3.8, 4) is 0 Å². The van der Waals surface area contributed by atoms with E-state index in [1.165, 1.54) is 19.3 Å². The molecule has 0 unspecified atom stereocenters. The molecule has 0 radical (unpaired) electrons. The number of thiol groups is 1. The first-order chi connectivity index (χ1) is 4.84. The van der Waals surface area contributed by atoms with Gasteiger partial charge in [0.15, 0.2) is 0 Å². The molecule has 0 aromatic carbocycles. The van der Waals surface area contributed by atoms with Crippen molar-refractivity contribution in [3.63, 3.8) is 0 Å². The molecule has 1 fully saturated rings. The smallest absolute Gasteiger partial charge is 0.232 e. The van der Waals surface area contributed by atoms with E-state index < -0.39 is 0 Å². The Kier molecular flexibility index (Phi) is 3.06. The summed E-state index contributed by atoms with van der Waals surface area (Å²) in [5.74, 6) is 0.342. The van der Waals surface area contributed by atoms with Gasteiger partial charge in [-0.1, -0.05) is 32.1 Å². The quantitative estimate of drug-likeness (QED) is 0.558. The zero-order valence-electron chi connectivity index (χ0n) is 5.97. The summed E-state index contributed by atoms with van der Waals surface area (Å²) in [5.41, 5.74) is 0. The summed E-state index contributed by atoms with van der Waals surface area (Å²) in [4.78, 5) is 11.0. The van der Waals surface area contributed by atoms with Crippen LogP contribution in [0.4, 0.5) is 0 Å². The Labute approximate surface area is 66.9 Å². The molecule has 1 aliphatic rings. The minimum Gasteiger partial charge on any atom is -0.303 e. The van der Waals surface area contributed by atoms with Crippen molar-refractivity contribution in [2.45, 2.75) is 32.1 Å². The van der Waals surface area contributed by atoms with Crippen molar-refractivity contribution in [2.24, 2.45) is 5.92 Å². The average molecular weight is 159 g/mol. The molecular weight excluding hydrogens is 146 g/mol. The molecule has 0 atom stereocenters. The van der Waals surface area contributed by atoms with E-state index in [4.69, 9.17) is 0 Å². The van der Waals surface area contributed by atoms with Crippen LogP contribution in [0.5, 0.6) is 0 Å². The van der Waals surface area contributed by atoms with Gasteiger partial charge in [0.25, 0.3) is 0 Å². The summed E-state index contributed by atoms with van der Waals surface area (Å²) in [7, 11) is 0. The number of carbonyl (C=O) groups is 1. The van der Waals surface area contributed by atoms with Gasteiger partial charge in [0, 0.05) is 5.92 Å². The van der Waals surface area contributed by atoms with Gasteiger partial charge in [-0.15, -0.1) is 0 Å². The molecule has 3 heteroatoms. The average Bonchev–Trinajstić information content (AvgIpc) is 2.05. The number of carbonyl (C=O) groups excluding carboxylic acids is 1. The molecule has 10 heavy (non-hydrogen) atoms. The van der Waals surface area contributed by atoms with Crippen molar-refractivity contribution < 1.29 is 4.79 Å². The number of hydrogen-bond donors (Lipinski definition) is 2. The lowest BCUT2D eigenvalue weighted by Gasteiger charge is -2.18. The highest BCUT2D eigenvalue weighted by molar-refractivity contribution is 7.78. The van der Waals surface area contributed by atoms with Gasteiger partial charge < -0.3 is 4.72 Å². The number of hydrogen-bond acceptors (Lipinski definition) is 2. The van der Waals surface area contributed by atoms with Crippen molar-refractivity contribution >= 4 is 18.7 Å². The Morgan fingerprint density at radius 3 is 2.40 bits per heavy atom. The third-order valence-corrected chi connectivity index (χ3v) is 2.31. The minimum absolute atomic E-state index is 0.100. The van der Waals surface area contributed by atoms with Gasteiger partial charge in [-0.05, 0) is 12.8 Å². The van der Waals surface area contributed by atoms with Crippen molar-refractivity contribution in [2.75, 3.05) is 0 Å². The third kappa shape index (κ3) is 1.90. The van der Waals surface area contributed by atoms with E-state index in [-0.39, 0.29) is 11.8 Å². The molecule has 0 heterocycles. The normalized spacial score (nSPS) is 20.5. The molecule has 58 valence electrons. The first-order valence-electron chi connectivity index (χ1n) is 3.78. The molecule has 0 saturated heterocycles. The molecule has 1 saturated carbocycles. The second-order valence-electron chi connectivity index (χ2n) is 2.81. The fourth-order valence-corrected chi connectivity index (χ4v) is 1.64. The molecule has 0 spiro atoms. The van der Waals surface area contributed by atoms with E-state index in [0.717, 1.165) is 12.8 Å². The van der Waals surface area contributed by atoms with Crippen LogP contribution in [0.2, 0.25) is 0 Å². The van der Waals surface area contributed by atoms with Crippen LogP contribution in [0.1, 0.15) is 32.1 Å². The maximum atomic E-state index is 11.0. The predicted molar refractivity (Wildman–Crippen MR) is 43.7 cm³/mol. The van der Waals surface area contributed by atoms with Crippen molar-refractivity contribution in [3.05, 3.63) is 0 Å². The summed E-state index contributed by atoms with van der Waals surface area (Å²) in [6.07, 6.45) is 5.78. The van der Waals surface area contributed by atoms with Crippen LogP contribution in [0.15, 0.2) is 0 Å². The zero-order valence-corrected chi connectivity index (χ0v) is 6.86. The van der Waals surface area contributed by atoms with Crippen LogP contribution in [0, 0.1) is 5.92 Å². The van der Waals surface area contributed by atoms with Gasteiger partial charge in [0.2, 0.25) is 5.91 Å². The van der Waals surface area contributed by atoms with E-state index in [1.807, 2.05) is 0 Å². The lowest BCUT2D eigenvalue weighted by atomic mass is 9.89. The Morgan fingerprint density at radius 2 is 1.90 bits per heavy atom. The van der Waals surface area contributed by atoms with Gasteiger partial charge in [-0.3, -0.25) is 4.79 Å². The first-order valence-corrected chi connectivity index (χ1v) is 4.23. The number of nitrogens with one attached hydrogen (secondary N) is 1. The highest BCUT2D eigenvalue weighted by atomic mass is 32.1. The van der Waals surface area contributed by atoms with Crippen LogP contribution < -0.4 is 4.72 Å². The molecular formula is C7H13NOS. The first kappa shape index (κ1) is 7.92. The summed E-state index contributed by atoms with van der Waals surface area (Å²) >= 11 is 3.73. The molecule has 1 aliphatic carbocycles. The van der Waals surface area contributed by atoms with Crippen LogP contribution >= 0.6 is 12.8 Å². The van der Waals surface area contributed by atoms with E-state index in [0.29, 0.717) is 0 Å². The zero-order chi connectivity index (χ0) is 7.40. The molecule has 0 aliphatic heterocycles. The number of amides is 1. The third-order valence-electron chi connectivity index (χ3n) is 2.09. The summed E-state index contributed by atoms with van der Waals surface area (Å²) in [6, 6.07) is 0. The summed E-state index contributed by atoms with van der Waals surface area (Å²) < 4.78 is 2.39. The Hall–Kier alpha value is -0.180. The van der Waals surface area contributed by atoms with E-state index in [9.17, 15) is 4.79 Å². The Bertz CT molecular complexity index is 121. The summed E-state index contributed by atoms with van der Waals surface area (Å²) in [5, 5.41) is 0.